The van der Waals surface area contributed by atoms with E-state index in [4.69, 9.17) is 24.7 Å². The Hall–Kier alpha value is -2.40. The minimum atomic E-state index is -0.225. The van der Waals surface area contributed by atoms with Gasteiger partial charge < -0.3 is 24.7 Å². The highest BCUT2D eigenvalue weighted by Crippen LogP contribution is 2.40. The van der Waals surface area contributed by atoms with E-state index in [1.165, 1.54) is 0 Å². The fourth-order valence-corrected chi connectivity index (χ4v) is 2.97. The van der Waals surface area contributed by atoms with Crippen molar-refractivity contribution in [2.24, 2.45) is 5.73 Å². The van der Waals surface area contributed by atoms with Gasteiger partial charge in [-0.25, -0.2) is 0 Å². The number of rotatable bonds is 8. The van der Waals surface area contributed by atoms with Crippen LogP contribution in [0.2, 0.25) is 0 Å². The zero-order valence-electron chi connectivity index (χ0n) is 15.6. The van der Waals surface area contributed by atoms with Crippen molar-refractivity contribution in [2.75, 3.05) is 35.0 Å². The van der Waals surface area contributed by atoms with E-state index < -0.39 is 0 Å². The summed E-state index contributed by atoms with van der Waals surface area (Å²) in [7, 11) is 6.49. The van der Waals surface area contributed by atoms with Crippen molar-refractivity contribution < 1.29 is 18.9 Å². The molecule has 2 aromatic rings. The molecule has 0 aliphatic heterocycles. The van der Waals surface area contributed by atoms with Crippen LogP contribution in [0, 0.1) is 0 Å². The molecule has 1 atom stereocenters. The first-order valence-corrected chi connectivity index (χ1v) is 8.14. The van der Waals surface area contributed by atoms with Gasteiger partial charge in [-0.2, -0.15) is 0 Å². The molecule has 0 fully saturated rings. The molecule has 2 N–H and O–H groups in total. The predicted molar refractivity (Wildman–Crippen MR) is 99.2 cm³/mol. The summed E-state index contributed by atoms with van der Waals surface area (Å²) in [4.78, 5) is 0. The molecule has 1 unspecified atom stereocenters. The van der Waals surface area contributed by atoms with Gasteiger partial charge in [-0.05, 0) is 41.8 Å². The minimum absolute atomic E-state index is 0.225. The quantitative estimate of drug-likeness (QED) is 0.796. The lowest BCUT2D eigenvalue weighted by molar-refractivity contribution is 0.323. The summed E-state index contributed by atoms with van der Waals surface area (Å²) < 4.78 is 21.5. The lowest BCUT2D eigenvalue weighted by Crippen LogP contribution is -2.34. The molecule has 2 rings (SSSR count). The zero-order chi connectivity index (χ0) is 18.4. The topological polar surface area (TPSA) is 62.9 Å². The molecule has 0 aromatic heterocycles. The molecule has 0 saturated heterocycles. The summed E-state index contributed by atoms with van der Waals surface area (Å²) >= 11 is 0. The maximum Gasteiger partial charge on any atom is 0.203 e. The van der Waals surface area contributed by atoms with E-state index in [0.717, 1.165) is 23.3 Å². The fourth-order valence-electron chi connectivity index (χ4n) is 2.97. The van der Waals surface area contributed by atoms with E-state index in [-0.39, 0.29) is 5.41 Å². The van der Waals surface area contributed by atoms with Gasteiger partial charge in [0.25, 0.3) is 0 Å². The molecule has 0 heterocycles. The molecule has 0 saturated carbocycles. The van der Waals surface area contributed by atoms with E-state index >= 15 is 0 Å². The van der Waals surface area contributed by atoms with Crippen molar-refractivity contribution in [2.45, 2.75) is 18.8 Å². The number of methoxy groups -OCH3 is 4. The first kappa shape index (κ1) is 18.9. The second-order valence-electron chi connectivity index (χ2n) is 6.20. The Balaban J connectivity index is 2.40. The maximum atomic E-state index is 6.14. The Morgan fingerprint density at radius 1 is 0.840 bits per heavy atom. The normalized spacial score (nSPS) is 13.0. The lowest BCUT2D eigenvalue weighted by Gasteiger charge is -2.29. The first-order valence-electron chi connectivity index (χ1n) is 8.14. The van der Waals surface area contributed by atoms with Crippen LogP contribution in [-0.4, -0.2) is 35.0 Å². The van der Waals surface area contributed by atoms with E-state index in [9.17, 15) is 0 Å². The van der Waals surface area contributed by atoms with Crippen LogP contribution in [0.15, 0.2) is 36.4 Å². The van der Waals surface area contributed by atoms with Gasteiger partial charge in [0.05, 0.1) is 28.4 Å². The zero-order valence-corrected chi connectivity index (χ0v) is 15.6. The molecular weight excluding hydrogens is 318 g/mol. The average Bonchev–Trinajstić information content (AvgIpc) is 2.66. The van der Waals surface area contributed by atoms with Crippen molar-refractivity contribution in [1.29, 1.82) is 0 Å². The van der Waals surface area contributed by atoms with Gasteiger partial charge >= 0.3 is 0 Å². The van der Waals surface area contributed by atoms with Crippen molar-refractivity contribution in [1.82, 2.24) is 0 Å². The van der Waals surface area contributed by atoms with E-state index in [1.807, 2.05) is 24.3 Å². The third kappa shape index (κ3) is 3.99. The summed E-state index contributed by atoms with van der Waals surface area (Å²) in [5.74, 6) is 2.71. The highest BCUT2D eigenvalue weighted by molar-refractivity contribution is 5.54. The number of nitrogens with two attached hydrogens (primary N) is 1. The van der Waals surface area contributed by atoms with Gasteiger partial charge in [0, 0.05) is 12.0 Å². The summed E-state index contributed by atoms with van der Waals surface area (Å²) in [5, 5.41) is 0. The molecule has 5 nitrogen and oxygen atoms in total. The summed E-state index contributed by atoms with van der Waals surface area (Å²) in [6.45, 7) is 2.66. The van der Waals surface area contributed by atoms with Crippen LogP contribution in [-0.2, 0) is 11.8 Å². The summed E-state index contributed by atoms with van der Waals surface area (Å²) in [5.41, 5.74) is 8.14. The second kappa shape index (κ2) is 8.12. The molecule has 5 heteroatoms. The molecule has 0 spiro atoms. The fraction of sp³-hybridized carbons (Fsp3) is 0.400. The Kier molecular flexibility index (Phi) is 6.15. The number of ether oxygens (including phenoxy) is 4. The highest BCUT2D eigenvalue weighted by Gasteiger charge is 2.27. The Bertz CT molecular complexity index is 674. The molecule has 0 aliphatic rings. The molecule has 0 radical (unpaired) electrons. The summed E-state index contributed by atoms with van der Waals surface area (Å²) in [6, 6.07) is 12.0. The lowest BCUT2D eigenvalue weighted by atomic mass is 9.77. The third-order valence-corrected chi connectivity index (χ3v) is 4.56. The largest absolute Gasteiger partial charge is 0.497 e. The molecule has 25 heavy (non-hydrogen) atoms. The molecular formula is C20H27NO4. The van der Waals surface area contributed by atoms with E-state index in [1.54, 1.807) is 28.4 Å². The highest BCUT2D eigenvalue weighted by atomic mass is 16.5. The minimum Gasteiger partial charge on any atom is -0.497 e. The standard InChI is InChI=1S/C20H27NO4/c1-20(13-21,15-6-8-16(22-2)9-7-15)12-14-10-17(23-3)19(25-5)18(11-14)24-4/h6-11H,12-13,21H2,1-5H3. The van der Waals surface area contributed by atoms with Crippen molar-refractivity contribution >= 4 is 0 Å². The molecule has 0 amide bonds. The maximum absolute atomic E-state index is 6.14. The Morgan fingerprint density at radius 3 is 1.80 bits per heavy atom. The van der Waals surface area contributed by atoms with Crippen LogP contribution in [0.5, 0.6) is 23.0 Å². The van der Waals surface area contributed by atoms with Gasteiger partial charge in [0.2, 0.25) is 5.75 Å². The molecule has 136 valence electrons. The van der Waals surface area contributed by atoms with Crippen LogP contribution in [0.25, 0.3) is 0 Å². The first-order chi connectivity index (χ1) is 12.0. The van der Waals surface area contributed by atoms with Crippen molar-refractivity contribution in [3.8, 4) is 23.0 Å². The van der Waals surface area contributed by atoms with Gasteiger partial charge in [-0.15, -0.1) is 0 Å². The number of hydrogen-bond donors (Lipinski definition) is 1. The molecule has 2 aromatic carbocycles. The van der Waals surface area contributed by atoms with Gasteiger partial charge in [-0.3, -0.25) is 0 Å². The molecule has 0 bridgehead atoms. The van der Waals surface area contributed by atoms with Crippen molar-refractivity contribution in [3.63, 3.8) is 0 Å². The van der Waals surface area contributed by atoms with Gasteiger partial charge in [0.1, 0.15) is 5.75 Å². The smallest absolute Gasteiger partial charge is 0.203 e. The van der Waals surface area contributed by atoms with Crippen LogP contribution in [0.4, 0.5) is 0 Å². The second-order valence-corrected chi connectivity index (χ2v) is 6.20. The Morgan fingerprint density at radius 2 is 1.40 bits per heavy atom. The van der Waals surface area contributed by atoms with Crippen LogP contribution in [0.1, 0.15) is 18.1 Å². The Labute approximate surface area is 149 Å². The van der Waals surface area contributed by atoms with Crippen LogP contribution >= 0.6 is 0 Å². The SMILES string of the molecule is COc1ccc(C(C)(CN)Cc2cc(OC)c(OC)c(OC)c2)cc1. The van der Waals surface area contributed by atoms with Gasteiger partial charge in [-0.1, -0.05) is 19.1 Å². The molecule has 0 aliphatic carbocycles. The predicted octanol–water partition coefficient (Wildman–Crippen LogP) is 3.18. The average molecular weight is 345 g/mol. The number of hydrogen-bond acceptors (Lipinski definition) is 5. The monoisotopic (exact) mass is 345 g/mol. The van der Waals surface area contributed by atoms with Gasteiger partial charge in [0.15, 0.2) is 11.5 Å². The number of benzene rings is 2. The summed E-state index contributed by atoms with van der Waals surface area (Å²) in [6.07, 6.45) is 0.743. The van der Waals surface area contributed by atoms with Crippen LogP contribution < -0.4 is 24.7 Å². The van der Waals surface area contributed by atoms with E-state index in [2.05, 4.69) is 19.1 Å². The third-order valence-electron chi connectivity index (χ3n) is 4.56. The van der Waals surface area contributed by atoms with Crippen LogP contribution in [0.3, 0.4) is 0 Å². The van der Waals surface area contributed by atoms with E-state index in [0.29, 0.717) is 23.8 Å². The van der Waals surface area contributed by atoms with Crippen molar-refractivity contribution in [3.05, 3.63) is 47.5 Å².